The quantitative estimate of drug-likeness (QED) is 0.780. The maximum atomic E-state index is 12.2. The van der Waals surface area contributed by atoms with Gasteiger partial charge in [0.05, 0.1) is 13.0 Å². The molecule has 5 nitrogen and oxygen atoms in total. The molecule has 23 heavy (non-hydrogen) atoms. The zero-order valence-electron chi connectivity index (χ0n) is 13.6. The van der Waals surface area contributed by atoms with Crippen molar-refractivity contribution in [2.24, 2.45) is 5.92 Å². The van der Waals surface area contributed by atoms with Crippen molar-refractivity contribution in [1.29, 1.82) is 0 Å². The summed E-state index contributed by atoms with van der Waals surface area (Å²) in [5.41, 5.74) is 1.23. The number of carbonyl (C=O) groups is 2. The van der Waals surface area contributed by atoms with E-state index >= 15 is 0 Å². The zero-order chi connectivity index (χ0) is 16.2. The number of amides is 2. The van der Waals surface area contributed by atoms with Crippen LogP contribution in [0.25, 0.3) is 0 Å². The molecule has 124 valence electrons. The van der Waals surface area contributed by atoms with E-state index in [1.807, 2.05) is 29.2 Å². The molecule has 0 bridgehead atoms. The number of nitrogens with one attached hydrogen (secondary N) is 1. The molecule has 0 unspecified atom stereocenters. The zero-order valence-corrected chi connectivity index (χ0v) is 13.6. The van der Waals surface area contributed by atoms with E-state index < -0.39 is 0 Å². The first kappa shape index (κ1) is 15.8. The standard InChI is InChI=1S/C18H24N2O3/c1-23-16-8-4-13(5-9-16)3-2-10-19-18(22)14-11-17(21)20(12-14)15-6-7-15/h4-5,8-9,14-15H,2-3,6-7,10-12H2,1H3,(H,19,22)/t14-/m0/s1. The Labute approximate surface area is 137 Å². The van der Waals surface area contributed by atoms with Gasteiger partial charge in [-0.05, 0) is 43.4 Å². The molecule has 1 N–H and O–H groups in total. The Hall–Kier alpha value is -2.04. The number of hydrogen-bond acceptors (Lipinski definition) is 3. The van der Waals surface area contributed by atoms with Gasteiger partial charge in [-0.2, -0.15) is 0 Å². The Bertz CT molecular complexity index is 566. The Morgan fingerprint density at radius 2 is 2.04 bits per heavy atom. The summed E-state index contributed by atoms with van der Waals surface area (Å²) in [6.45, 7) is 1.26. The van der Waals surface area contributed by atoms with Crippen molar-refractivity contribution in [3.63, 3.8) is 0 Å². The van der Waals surface area contributed by atoms with Crippen LogP contribution < -0.4 is 10.1 Å². The van der Waals surface area contributed by atoms with Crippen LogP contribution in [-0.4, -0.2) is 43.0 Å². The normalized spacial score (nSPS) is 20.7. The summed E-state index contributed by atoms with van der Waals surface area (Å²) < 4.78 is 5.13. The number of carbonyl (C=O) groups excluding carboxylic acids is 2. The van der Waals surface area contributed by atoms with E-state index in [9.17, 15) is 9.59 Å². The van der Waals surface area contributed by atoms with Crippen LogP contribution >= 0.6 is 0 Å². The lowest BCUT2D eigenvalue weighted by molar-refractivity contribution is -0.129. The number of aryl methyl sites for hydroxylation is 1. The second-order valence-electron chi connectivity index (χ2n) is 6.42. The predicted octanol–water partition coefficient (Wildman–Crippen LogP) is 1.75. The van der Waals surface area contributed by atoms with E-state index in [2.05, 4.69) is 5.32 Å². The molecule has 1 saturated heterocycles. The van der Waals surface area contributed by atoms with E-state index in [1.165, 1.54) is 5.56 Å². The third-order valence-corrected chi connectivity index (χ3v) is 4.62. The van der Waals surface area contributed by atoms with Crippen molar-refractivity contribution in [3.05, 3.63) is 29.8 Å². The molecule has 3 rings (SSSR count). The molecule has 1 aliphatic heterocycles. The lowest BCUT2D eigenvalue weighted by atomic mass is 10.1. The molecular weight excluding hydrogens is 292 g/mol. The van der Waals surface area contributed by atoms with E-state index in [0.29, 0.717) is 25.6 Å². The van der Waals surface area contributed by atoms with Crippen molar-refractivity contribution < 1.29 is 14.3 Å². The third kappa shape index (κ3) is 4.03. The highest BCUT2D eigenvalue weighted by molar-refractivity contribution is 5.89. The van der Waals surface area contributed by atoms with E-state index in [1.54, 1.807) is 7.11 Å². The van der Waals surface area contributed by atoms with Crippen LogP contribution in [0.15, 0.2) is 24.3 Å². The number of benzene rings is 1. The van der Waals surface area contributed by atoms with Gasteiger partial charge in [-0.25, -0.2) is 0 Å². The molecule has 2 fully saturated rings. The topological polar surface area (TPSA) is 58.6 Å². The largest absolute Gasteiger partial charge is 0.497 e. The van der Waals surface area contributed by atoms with Crippen molar-refractivity contribution in [3.8, 4) is 5.75 Å². The SMILES string of the molecule is COc1ccc(CCCNC(=O)[C@H]2CC(=O)N(C3CC3)C2)cc1. The lowest BCUT2D eigenvalue weighted by Gasteiger charge is -2.15. The summed E-state index contributed by atoms with van der Waals surface area (Å²) in [7, 11) is 1.66. The Kier molecular flexibility index (Phi) is 4.84. The third-order valence-electron chi connectivity index (χ3n) is 4.62. The maximum absolute atomic E-state index is 12.2. The maximum Gasteiger partial charge on any atom is 0.225 e. The van der Waals surface area contributed by atoms with Gasteiger partial charge in [-0.15, -0.1) is 0 Å². The Morgan fingerprint density at radius 3 is 2.70 bits per heavy atom. The van der Waals surface area contributed by atoms with Gasteiger partial charge in [0.1, 0.15) is 5.75 Å². The van der Waals surface area contributed by atoms with Crippen LogP contribution in [0.3, 0.4) is 0 Å². The second kappa shape index (κ2) is 7.02. The van der Waals surface area contributed by atoms with Gasteiger partial charge in [0.2, 0.25) is 11.8 Å². The number of ether oxygens (including phenoxy) is 1. The molecule has 0 radical (unpaired) electrons. The Morgan fingerprint density at radius 1 is 1.30 bits per heavy atom. The van der Waals surface area contributed by atoms with Crippen LogP contribution in [0.5, 0.6) is 5.75 Å². The average Bonchev–Trinajstić information content (AvgIpc) is 3.34. The van der Waals surface area contributed by atoms with Gasteiger partial charge in [-0.3, -0.25) is 9.59 Å². The number of hydrogen-bond donors (Lipinski definition) is 1. The van der Waals surface area contributed by atoms with Crippen LogP contribution in [0, 0.1) is 5.92 Å². The molecule has 0 spiro atoms. The molecule has 1 heterocycles. The molecule has 1 aromatic rings. The summed E-state index contributed by atoms with van der Waals surface area (Å²) in [5, 5.41) is 2.98. The molecular formula is C18H24N2O3. The number of methoxy groups -OCH3 is 1. The molecule has 2 aliphatic rings. The first-order valence-electron chi connectivity index (χ1n) is 8.37. The Balaban J connectivity index is 1.36. The smallest absolute Gasteiger partial charge is 0.225 e. The minimum Gasteiger partial charge on any atom is -0.497 e. The molecule has 0 aromatic heterocycles. The van der Waals surface area contributed by atoms with Crippen LogP contribution in [0.1, 0.15) is 31.2 Å². The summed E-state index contributed by atoms with van der Waals surface area (Å²) in [4.78, 5) is 25.9. The summed E-state index contributed by atoms with van der Waals surface area (Å²) in [6.07, 6.45) is 4.39. The highest BCUT2D eigenvalue weighted by Gasteiger charge is 2.41. The van der Waals surface area contributed by atoms with Gasteiger partial charge in [0.15, 0.2) is 0 Å². The molecule has 1 aliphatic carbocycles. The molecule has 1 saturated carbocycles. The van der Waals surface area contributed by atoms with E-state index in [-0.39, 0.29) is 17.7 Å². The summed E-state index contributed by atoms with van der Waals surface area (Å²) in [5.74, 6) is 0.861. The number of likely N-dealkylation sites (tertiary alicyclic amines) is 1. The minimum absolute atomic E-state index is 0.0243. The highest BCUT2D eigenvalue weighted by Crippen LogP contribution is 2.32. The minimum atomic E-state index is -0.163. The summed E-state index contributed by atoms with van der Waals surface area (Å²) in [6, 6.07) is 8.40. The number of nitrogens with zero attached hydrogens (tertiary/aromatic N) is 1. The van der Waals surface area contributed by atoms with Gasteiger partial charge >= 0.3 is 0 Å². The van der Waals surface area contributed by atoms with E-state index in [4.69, 9.17) is 4.74 Å². The van der Waals surface area contributed by atoms with Crippen molar-refractivity contribution in [2.75, 3.05) is 20.2 Å². The molecule has 1 atom stereocenters. The fourth-order valence-electron chi connectivity index (χ4n) is 3.09. The van der Waals surface area contributed by atoms with Gasteiger partial charge in [0, 0.05) is 25.6 Å². The van der Waals surface area contributed by atoms with Gasteiger partial charge in [-0.1, -0.05) is 12.1 Å². The predicted molar refractivity (Wildman–Crippen MR) is 87.2 cm³/mol. The summed E-state index contributed by atoms with van der Waals surface area (Å²) >= 11 is 0. The average molecular weight is 316 g/mol. The van der Waals surface area contributed by atoms with Gasteiger partial charge in [0.25, 0.3) is 0 Å². The molecule has 2 amide bonds. The monoisotopic (exact) mass is 316 g/mol. The number of rotatable bonds is 7. The fourth-order valence-corrected chi connectivity index (χ4v) is 3.09. The molecule has 1 aromatic carbocycles. The van der Waals surface area contributed by atoms with Crippen LogP contribution in [0.4, 0.5) is 0 Å². The van der Waals surface area contributed by atoms with Crippen molar-refractivity contribution in [1.82, 2.24) is 10.2 Å². The fraction of sp³-hybridized carbons (Fsp3) is 0.556. The van der Waals surface area contributed by atoms with Crippen LogP contribution in [0.2, 0.25) is 0 Å². The van der Waals surface area contributed by atoms with Gasteiger partial charge < -0.3 is 15.0 Å². The van der Waals surface area contributed by atoms with E-state index in [0.717, 1.165) is 31.4 Å². The van der Waals surface area contributed by atoms with Crippen molar-refractivity contribution >= 4 is 11.8 Å². The lowest BCUT2D eigenvalue weighted by Crippen LogP contribution is -2.34. The molecule has 5 heteroatoms. The second-order valence-corrected chi connectivity index (χ2v) is 6.42. The first-order valence-corrected chi connectivity index (χ1v) is 8.37. The van der Waals surface area contributed by atoms with Crippen LogP contribution in [-0.2, 0) is 16.0 Å². The first-order chi connectivity index (χ1) is 11.2. The van der Waals surface area contributed by atoms with Crippen molar-refractivity contribution in [2.45, 2.75) is 38.1 Å². The highest BCUT2D eigenvalue weighted by atomic mass is 16.5.